The Morgan fingerprint density at radius 3 is 2.57 bits per heavy atom. The van der Waals surface area contributed by atoms with Crippen molar-refractivity contribution in [2.24, 2.45) is 0 Å². The number of sulfone groups is 1. The van der Waals surface area contributed by atoms with Crippen LogP contribution in [0.2, 0.25) is 0 Å². The van der Waals surface area contributed by atoms with E-state index in [9.17, 15) is 18.0 Å². The first-order valence-corrected chi connectivity index (χ1v) is 9.70. The maximum absolute atomic E-state index is 12.1. The maximum atomic E-state index is 12.1. The van der Waals surface area contributed by atoms with Gasteiger partial charge in [0.15, 0.2) is 0 Å². The fourth-order valence-electron chi connectivity index (χ4n) is 1.50. The van der Waals surface area contributed by atoms with E-state index in [1.165, 1.54) is 0 Å². The first-order valence-electron chi connectivity index (χ1n) is 5.76. The van der Waals surface area contributed by atoms with Crippen molar-refractivity contribution in [3.63, 3.8) is 0 Å². The van der Waals surface area contributed by atoms with Gasteiger partial charge in [-0.15, -0.1) is 0 Å². The van der Waals surface area contributed by atoms with Crippen LogP contribution >= 0.6 is 38.5 Å². The Labute approximate surface area is 144 Å². The lowest BCUT2D eigenvalue weighted by molar-refractivity contribution is -0.139. The number of benzene rings is 1. The highest BCUT2D eigenvalue weighted by Crippen LogP contribution is 2.19. The molecule has 1 aromatic carbocycles. The molecule has 1 unspecified atom stereocenters. The van der Waals surface area contributed by atoms with E-state index < -0.39 is 27.8 Å². The van der Waals surface area contributed by atoms with Crippen LogP contribution in [0.1, 0.15) is 16.8 Å². The van der Waals surface area contributed by atoms with Gasteiger partial charge in [0.05, 0.1) is 11.3 Å². The number of carbonyl (C=O) groups excluding carboxylic acids is 1. The highest BCUT2D eigenvalue weighted by Gasteiger charge is 2.23. The molecule has 2 N–H and O–H groups in total. The van der Waals surface area contributed by atoms with Crippen LogP contribution in [-0.2, 0) is 14.6 Å². The summed E-state index contributed by atoms with van der Waals surface area (Å²) in [7, 11) is -3.29. The molecule has 1 amide bonds. The quantitative estimate of drug-likeness (QED) is 0.592. The minimum absolute atomic E-state index is 0.179. The predicted octanol–water partition coefficient (Wildman–Crippen LogP) is 1.67. The van der Waals surface area contributed by atoms with E-state index >= 15 is 0 Å². The summed E-state index contributed by atoms with van der Waals surface area (Å²) in [6, 6.07) is 3.83. The normalized spacial score (nSPS) is 12.7. The highest BCUT2D eigenvalue weighted by atomic mass is 127. The molecule has 0 heterocycles. The second-order valence-electron chi connectivity index (χ2n) is 4.41. The molecule has 0 aromatic heterocycles. The van der Waals surface area contributed by atoms with Gasteiger partial charge in [-0.25, -0.2) is 13.2 Å². The first-order chi connectivity index (χ1) is 9.60. The molecule has 0 aliphatic rings. The third-order valence-electron chi connectivity index (χ3n) is 2.55. The SMILES string of the molecule is CS(=O)(=O)CCC(NC(=O)c1cc(I)ccc1Br)C(=O)O. The number of carbonyl (C=O) groups is 2. The third kappa shape index (κ3) is 6.30. The summed E-state index contributed by atoms with van der Waals surface area (Å²) in [6.45, 7) is 0. The number of aliphatic carboxylic acids is 1. The van der Waals surface area contributed by atoms with E-state index in [4.69, 9.17) is 5.11 Å². The molecule has 6 nitrogen and oxygen atoms in total. The predicted molar refractivity (Wildman–Crippen MR) is 90.1 cm³/mol. The molecule has 0 saturated carbocycles. The molecule has 1 rings (SSSR count). The second kappa shape index (κ2) is 7.54. The van der Waals surface area contributed by atoms with E-state index in [1.54, 1.807) is 18.2 Å². The van der Waals surface area contributed by atoms with Crippen LogP contribution in [0.25, 0.3) is 0 Å². The van der Waals surface area contributed by atoms with Crippen LogP contribution in [0.15, 0.2) is 22.7 Å². The zero-order valence-corrected chi connectivity index (χ0v) is 15.5. The molecule has 0 aliphatic heterocycles. The number of carboxylic acid groups (broad SMARTS) is 1. The van der Waals surface area contributed by atoms with Gasteiger partial charge in [0, 0.05) is 14.3 Å². The lowest BCUT2D eigenvalue weighted by Crippen LogP contribution is -2.42. The first kappa shape index (κ1) is 18.4. The number of carboxylic acids is 1. The monoisotopic (exact) mass is 489 g/mol. The minimum atomic E-state index is -3.29. The fourth-order valence-corrected chi connectivity index (χ4v) is 3.08. The van der Waals surface area contributed by atoms with Crippen LogP contribution in [0.4, 0.5) is 0 Å². The molecule has 1 aromatic rings. The van der Waals surface area contributed by atoms with Gasteiger partial charge in [-0.3, -0.25) is 4.79 Å². The third-order valence-corrected chi connectivity index (χ3v) is 4.89. The number of hydrogen-bond donors (Lipinski definition) is 2. The van der Waals surface area contributed by atoms with Gasteiger partial charge >= 0.3 is 5.97 Å². The summed E-state index contributed by atoms with van der Waals surface area (Å²) in [6.07, 6.45) is 0.839. The lowest BCUT2D eigenvalue weighted by Gasteiger charge is -2.14. The van der Waals surface area contributed by atoms with Crippen molar-refractivity contribution in [1.29, 1.82) is 0 Å². The van der Waals surface area contributed by atoms with Gasteiger partial charge in [0.25, 0.3) is 5.91 Å². The molecular weight excluding hydrogens is 477 g/mol. The average Bonchev–Trinajstić information content (AvgIpc) is 2.35. The smallest absolute Gasteiger partial charge is 0.326 e. The lowest BCUT2D eigenvalue weighted by atomic mass is 10.1. The number of rotatable bonds is 6. The zero-order chi connectivity index (χ0) is 16.2. The number of hydrogen-bond acceptors (Lipinski definition) is 4. The van der Waals surface area contributed by atoms with Crippen LogP contribution in [0.3, 0.4) is 0 Å². The van der Waals surface area contributed by atoms with Crippen LogP contribution < -0.4 is 5.32 Å². The molecule has 116 valence electrons. The van der Waals surface area contributed by atoms with Crippen molar-refractivity contribution in [3.05, 3.63) is 31.8 Å². The molecule has 0 aliphatic carbocycles. The number of nitrogens with one attached hydrogen (secondary N) is 1. The van der Waals surface area contributed by atoms with E-state index in [2.05, 4.69) is 21.2 Å². The van der Waals surface area contributed by atoms with E-state index in [0.29, 0.717) is 10.0 Å². The number of amides is 1. The summed E-state index contributed by atoms with van der Waals surface area (Å²) in [5.41, 5.74) is 0.299. The standard InChI is InChI=1S/C12H13BrINO5S/c1-21(19,20)5-4-10(12(17)18)15-11(16)8-6-7(14)2-3-9(8)13/h2-3,6,10H,4-5H2,1H3,(H,15,16)(H,17,18). The van der Waals surface area contributed by atoms with Crippen molar-refractivity contribution in [1.82, 2.24) is 5.32 Å². The van der Waals surface area contributed by atoms with E-state index in [0.717, 1.165) is 9.83 Å². The van der Waals surface area contributed by atoms with Crippen molar-refractivity contribution in [3.8, 4) is 0 Å². The van der Waals surface area contributed by atoms with Crippen LogP contribution in [0.5, 0.6) is 0 Å². The Morgan fingerprint density at radius 2 is 2.05 bits per heavy atom. The summed E-state index contributed by atoms with van der Waals surface area (Å²) in [5, 5.41) is 11.4. The van der Waals surface area contributed by atoms with E-state index in [1.807, 2.05) is 22.6 Å². The summed E-state index contributed by atoms with van der Waals surface area (Å²) < 4.78 is 23.6. The maximum Gasteiger partial charge on any atom is 0.326 e. The molecule has 0 bridgehead atoms. The van der Waals surface area contributed by atoms with Gasteiger partial charge in [0.2, 0.25) is 0 Å². The minimum Gasteiger partial charge on any atom is -0.480 e. The van der Waals surface area contributed by atoms with Crippen LogP contribution in [0, 0.1) is 3.57 Å². The van der Waals surface area contributed by atoms with Crippen molar-refractivity contribution >= 4 is 60.2 Å². The van der Waals surface area contributed by atoms with Crippen molar-refractivity contribution < 1.29 is 23.1 Å². The summed E-state index contributed by atoms with van der Waals surface area (Å²) >= 11 is 5.25. The van der Waals surface area contributed by atoms with E-state index in [-0.39, 0.29) is 12.2 Å². The molecular formula is C12H13BrINO5S. The molecule has 0 spiro atoms. The summed E-state index contributed by atoms with van der Waals surface area (Å²) in [5.74, 6) is -2.15. The van der Waals surface area contributed by atoms with Gasteiger partial charge in [0.1, 0.15) is 15.9 Å². The molecule has 0 radical (unpaired) electrons. The topological polar surface area (TPSA) is 101 Å². The second-order valence-corrected chi connectivity index (χ2v) is 8.77. The van der Waals surface area contributed by atoms with Gasteiger partial charge in [-0.1, -0.05) is 0 Å². The Kier molecular flexibility index (Phi) is 6.60. The van der Waals surface area contributed by atoms with Gasteiger partial charge in [-0.05, 0) is 63.1 Å². The van der Waals surface area contributed by atoms with Crippen LogP contribution in [-0.4, -0.2) is 43.5 Å². The Bertz CT molecular complexity index is 662. The highest BCUT2D eigenvalue weighted by molar-refractivity contribution is 14.1. The zero-order valence-electron chi connectivity index (χ0n) is 11.0. The largest absolute Gasteiger partial charge is 0.480 e. The van der Waals surface area contributed by atoms with Crippen molar-refractivity contribution in [2.45, 2.75) is 12.5 Å². The molecule has 9 heteroatoms. The summed E-state index contributed by atoms with van der Waals surface area (Å²) in [4.78, 5) is 23.2. The molecule has 1 atom stereocenters. The Hall–Kier alpha value is -0.680. The molecule has 0 fully saturated rings. The average molecular weight is 490 g/mol. The molecule has 21 heavy (non-hydrogen) atoms. The van der Waals surface area contributed by atoms with Crippen molar-refractivity contribution in [2.75, 3.05) is 12.0 Å². The Balaban J connectivity index is 2.86. The molecule has 0 saturated heterocycles. The Morgan fingerprint density at radius 1 is 1.43 bits per heavy atom. The van der Waals surface area contributed by atoms with Gasteiger partial charge < -0.3 is 10.4 Å². The van der Waals surface area contributed by atoms with Gasteiger partial charge in [-0.2, -0.15) is 0 Å². The fraction of sp³-hybridized carbons (Fsp3) is 0.333. The number of halogens is 2.